The fourth-order valence-corrected chi connectivity index (χ4v) is 1.51. The lowest BCUT2D eigenvalue weighted by Gasteiger charge is -2.29. The molecule has 0 heterocycles. The van der Waals surface area contributed by atoms with Gasteiger partial charge in [0, 0.05) is 24.7 Å². The van der Waals surface area contributed by atoms with Crippen LogP contribution in [0.5, 0.6) is 0 Å². The molecule has 0 radical (unpaired) electrons. The highest BCUT2D eigenvalue weighted by Crippen LogP contribution is 2.22. The second-order valence-corrected chi connectivity index (χ2v) is 4.78. The van der Waals surface area contributed by atoms with E-state index in [-0.39, 0.29) is 11.6 Å². The largest absolute Gasteiger partial charge is 0.374 e. The molecular weight excluding hydrogens is 205 g/mol. The molecule has 0 amide bonds. The lowest BCUT2D eigenvalue weighted by molar-refractivity contribution is -0.124. The summed E-state index contributed by atoms with van der Waals surface area (Å²) in [4.78, 5) is 13.3. The summed E-state index contributed by atoms with van der Waals surface area (Å²) in [7, 11) is 1.86. The van der Waals surface area contributed by atoms with E-state index in [0.717, 1.165) is 5.69 Å². The van der Waals surface area contributed by atoms with Crippen molar-refractivity contribution in [3.8, 4) is 0 Å². The Morgan fingerprint density at radius 3 is 2.56 bits per heavy atom. The Kier molecular flexibility index (Phi) is 3.68. The molecule has 0 aromatic heterocycles. The van der Waals surface area contributed by atoms with Gasteiger partial charge in [-0.2, -0.15) is 0 Å². The predicted octanol–water partition coefficient (Wildman–Crippen LogP) is 2.88. The molecule has 88 valence electrons. The van der Waals surface area contributed by atoms with Crippen molar-refractivity contribution < 1.29 is 9.18 Å². The van der Waals surface area contributed by atoms with Gasteiger partial charge >= 0.3 is 0 Å². The number of halogens is 1. The van der Waals surface area contributed by atoms with Crippen molar-refractivity contribution in [3.63, 3.8) is 0 Å². The first kappa shape index (κ1) is 12.7. The van der Waals surface area contributed by atoms with Gasteiger partial charge in [0.2, 0.25) is 0 Å². The third-order valence-corrected chi connectivity index (χ3v) is 2.83. The van der Waals surface area contributed by atoms with Gasteiger partial charge in [-0.3, -0.25) is 4.79 Å². The average Bonchev–Trinajstić information content (AvgIpc) is 2.16. The van der Waals surface area contributed by atoms with Crippen LogP contribution in [-0.2, 0) is 4.79 Å². The zero-order chi connectivity index (χ0) is 12.3. The van der Waals surface area contributed by atoms with E-state index >= 15 is 0 Å². The number of carbonyl (C=O) groups excluding carboxylic acids is 1. The Balaban J connectivity index is 2.80. The normalized spacial score (nSPS) is 11.3. The summed E-state index contributed by atoms with van der Waals surface area (Å²) in [5, 5.41) is 0. The van der Waals surface area contributed by atoms with Crippen LogP contribution in [-0.4, -0.2) is 19.4 Å². The molecule has 0 saturated heterocycles. The van der Waals surface area contributed by atoms with Crippen molar-refractivity contribution in [2.75, 3.05) is 18.5 Å². The summed E-state index contributed by atoms with van der Waals surface area (Å²) in [5.74, 6) is -0.124. The first-order chi connectivity index (χ1) is 7.33. The quantitative estimate of drug-likeness (QED) is 0.782. The number of nitrogens with zero attached hydrogens (tertiary/aromatic N) is 1. The molecule has 0 saturated carbocycles. The highest BCUT2D eigenvalue weighted by Gasteiger charge is 2.25. The summed E-state index contributed by atoms with van der Waals surface area (Å²) in [6, 6.07) is 6.38. The summed E-state index contributed by atoms with van der Waals surface area (Å²) in [5.41, 5.74) is 0.371. The zero-order valence-electron chi connectivity index (χ0n) is 10.2. The molecule has 0 fully saturated rings. The third kappa shape index (κ3) is 3.05. The predicted molar refractivity (Wildman–Crippen MR) is 64.1 cm³/mol. The minimum absolute atomic E-state index is 0.135. The number of ketones is 1. The monoisotopic (exact) mass is 223 g/mol. The van der Waals surface area contributed by atoms with Gasteiger partial charge in [0.25, 0.3) is 0 Å². The van der Waals surface area contributed by atoms with Crippen LogP contribution in [0.3, 0.4) is 0 Å². The van der Waals surface area contributed by atoms with Crippen molar-refractivity contribution in [2.45, 2.75) is 20.8 Å². The van der Waals surface area contributed by atoms with E-state index < -0.39 is 5.41 Å². The molecule has 1 aromatic carbocycles. The van der Waals surface area contributed by atoms with E-state index in [9.17, 15) is 9.18 Å². The van der Waals surface area contributed by atoms with E-state index in [1.807, 2.05) is 31.9 Å². The first-order valence-electron chi connectivity index (χ1n) is 5.31. The zero-order valence-corrected chi connectivity index (χ0v) is 10.2. The minimum Gasteiger partial charge on any atom is -0.374 e. The molecule has 0 aliphatic carbocycles. The Labute approximate surface area is 96.1 Å². The van der Waals surface area contributed by atoms with Gasteiger partial charge < -0.3 is 4.90 Å². The molecule has 0 N–H and O–H groups in total. The van der Waals surface area contributed by atoms with E-state index in [2.05, 4.69) is 0 Å². The van der Waals surface area contributed by atoms with Crippen molar-refractivity contribution >= 4 is 11.5 Å². The third-order valence-electron chi connectivity index (χ3n) is 2.83. The number of benzene rings is 1. The van der Waals surface area contributed by atoms with Gasteiger partial charge in [-0.25, -0.2) is 4.39 Å². The van der Waals surface area contributed by atoms with Gasteiger partial charge in [-0.1, -0.05) is 19.9 Å². The molecular formula is C13H18FNO. The summed E-state index contributed by atoms with van der Waals surface area (Å²) in [6.45, 7) is 5.95. The second-order valence-electron chi connectivity index (χ2n) is 4.78. The van der Waals surface area contributed by atoms with Gasteiger partial charge in [0.15, 0.2) is 0 Å². The Morgan fingerprint density at radius 2 is 2.06 bits per heavy atom. The maximum Gasteiger partial charge on any atom is 0.137 e. The molecule has 2 nitrogen and oxygen atoms in total. The summed E-state index contributed by atoms with van der Waals surface area (Å²) < 4.78 is 13.0. The fraction of sp³-hybridized carbons (Fsp3) is 0.462. The molecule has 0 spiro atoms. The number of anilines is 1. The number of rotatable bonds is 4. The van der Waals surface area contributed by atoms with E-state index in [1.54, 1.807) is 13.0 Å². The topological polar surface area (TPSA) is 20.3 Å². The van der Waals surface area contributed by atoms with Crippen LogP contribution in [0.25, 0.3) is 0 Å². The highest BCUT2D eigenvalue weighted by atomic mass is 19.1. The summed E-state index contributed by atoms with van der Waals surface area (Å²) in [6.07, 6.45) is 0. The second kappa shape index (κ2) is 4.64. The number of Topliss-reactive ketones (excluding diaryl/α,β-unsaturated/α-hetero) is 1. The molecule has 3 heteroatoms. The maximum atomic E-state index is 13.0. The van der Waals surface area contributed by atoms with Gasteiger partial charge in [0.05, 0.1) is 0 Å². The van der Waals surface area contributed by atoms with E-state index in [4.69, 9.17) is 0 Å². The lowest BCUT2D eigenvalue weighted by atomic mass is 9.88. The van der Waals surface area contributed by atoms with Crippen LogP contribution in [0.4, 0.5) is 10.1 Å². The molecule has 0 aliphatic heterocycles. The van der Waals surface area contributed by atoms with Crippen LogP contribution in [0.1, 0.15) is 20.8 Å². The average molecular weight is 223 g/mol. The van der Waals surface area contributed by atoms with Crippen LogP contribution >= 0.6 is 0 Å². The van der Waals surface area contributed by atoms with Crippen molar-refractivity contribution in [1.29, 1.82) is 0 Å². The number of hydrogen-bond donors (Lipinski definition) is 0. The highest BCUT2D eigenvalue weighted by molar-refractivity contribution is 5.82. The molecule has 16 heavy (non-hydrogen) atoms. The van der Waals surface area contributed by atoms with Crippen LogP contribution in [0.15, 0.2) is 24.3 Å². The number of hydrogen-bond acceptors (Lipinski definition) is 2. The molecule has 1 aromatic rings. The minimum atomic E-state index is -0.416. The Hall–Kier alpha value is -1.38. The van der Waals surface area contributed by atoms with Crippen LogP contribution < -0.4 is 4.90 Å². The standard InChI is InChI=1S/C13H18FNO/c1-10(16)13(2,3)9-15(4)12-7-5-6-11(14)8-12/h5-8H,9H2,1-4H3. The number of carbonyl (C=O) groups is 1. The molecule has 0 bridgehead atoms. The Morgan fingerprint density at radius 1 is 1.44 bits per heavy atom. The van der Waals surface area contributed by atoms with Gasteiger partial charge in [-0.15, -0.1) is 0 Å². The first-order valence-corrected chi connectivity index (χ1v) is 5.31. The summed E-state index contributed by atoms with van der Waals surface area (Å²) >= 11 is 0. The molecule has 0 atom stereocenters. The van der Waals surface area contributed by atoms with Crippen molar-refractivity contribution in [2.24, 2.45) is 5.41 Å². The van der Waals surface area contributed by atoms with Gasteiger partial charge in [0.1, 0.15) is 11.6 Å². The molecule has 0 aliphatic rings. The SMILES string of the molecule is CC(=O)C(C)(C)CN(C)c1cccc(F)c1. The van der Waals surface area contributed by atoms with Crippen LogP contribution in [0.2, 0.25) is 0 Å². The fourth-order valence-electron chi connectivity index (χ4n) is 1.51. The smallest absolute Gasteiger partial charge is 0.137 e. The van der Waals surface area contributed by atoms with Crippen LogP contribution in [0, 0.1) is 11.2 Å². The molecule has 1 rings (SSSR count). The Bertz CT molecular complexity index is 387. The van der Waals surface area contributed by atoms with Crippen molar-refractivity contribution in [1.82, 2.24) is 0 Å². The van der Waals surface area contributed by atoms with E-state index in [1.165, 1.54) is 12.1 Å². The lowest BCUT2D eigenvalue weighted by Crippen LogP contribution is -2.36. The van der Waals surface area contributed by atoms with Gasteiger partial charge in [-0.05, 0) is 25.1 Å². The van der Waals surface area contributed by atoms with Crippen molar-refractivity contribution in [3.05, 3.63) is 30.1 Å². The maximum absolute atomic E-state index is 13.0. The molecule has 0 unspecified atom stereocenters. The van der Waals surface area contributed by atoms with E-state index in [0.29, 0.717) is 6.54 Å².